The molecule has 1 fully saturated rings. The third-order valence-corrected chi connectivity index (χ3v) is 10.0. The number of phosphoric ester groups is 1. The van der Waals surface area contributed by atoms with Crippen molar-refractivity contribution in [2.75, 3.05) is 13.2 Å². The SMILES string of the molecule is Cc1ccc(COP(=O)(O)O)c(C(=O)O[C@@](Cn2cncn2)(c2ccc(F)cc2F)[C@@H](C)SC2COC(C=CC=Cc3ccc(C#N)cc3F)OC2)c1. The Bertz CT molecular complexity index is 2070. The van der Waals surface area contributed by atoms with Crippen LogP contribution in [0.3, 0.4) is 0 Å². The first-order valence-corrected chi connectivity index (χ1v) is 18.5. The molecule has 12 nitrogen and oxygen atoms in total. The highest BCUT2D eigenvalue weighted by Gasteiger charge is 2.47. The molecule has 1 aliphatic heterocycles. The van der Waals surface area contributed by atoms with E-state index in [1.807, 2.05) is 6.07 Å². The van der Waals surface area contributed by atoms with Crippen molar-refractivity contribution in [3.05, 3.63) is 136 Å². The molecule has 2 N–H and O–H groups in total. The van der Waals surface area contributed by atoms with Crippen LogP contribution in [0.5, 0.6) is 0 Å². The molecule has 0 radical (unpaired) electrons. The summed E-state index contributed by atoms with van der Waals surface area (Å²) in [6.07, 6.45) is 8.25. The zero-order valence-corrected chi connectivity index (χ0v) is 30.1. The number of thioether (sulfide) groups is 1. The van der Waals surface area contributed by atoms with Gasteiger partial charge in [0.25, 0.3) is 0 Å². The Morgan fingerprint density at radius 3 is 2.57 bits per heavy atom. The molecule has 5 rings (SSSR count). The summed E-state index contributed by atoms with van der Waals surface area (Å²) >= 11 is 1.27. The lowest BCUT2D eigenvalue weighted by molar-refractivity contribution is -0.146. The second-order valence-electron chi connectivity index (χ2n) is 11.9. The van der Waals surface area contributed by atoms with E-state index >= 15 is 4.39 Å². The number of aryl methyl sites for hydroxylation is 1. The number of carbonyl (C=O) groups excluding carboxylic acids is 1. The maximum Gasteiger partial charge on any atom is 0.469 e. The standard InChI is InChI=1S/C36H34F3N4O8PS/c1-23-7-9-27(17-50-52(45,46)47)30(13-23)35(44)51-36(20-43-22-41-21-42-43,31-12-11-28(37)15-33(31)39)24(2)53-29-18-48-34(49-19-29)6-4-3-5-26-10-8-25(16-40)14-32(26)38/h3-15,21-22,24,29,34H,17-20H2,1-2H3,(H2,45,46,47)/t24-,29?,34?,36-/m1/s1. The number of nitriles is 1. The summed E-state index contributed by atoms with van der Waals surface area (Å²) in [5.74, 6) is -3.35. The van der Waals surface area contributed by atoms with E-state index in [1.165, 1.54) is 65.5 Å². The van der Waals surface area contributed by atoms with Crippen LogP contribution in [0.1, 0.15) is 45.1 Å². The molecule has 0 amide bonds. The number of rotatable bonds is 14. The van der Waals surface area contributed by atoms with Gasteiger partial charge in [-0.15, -0.1) is 11.8 Å². The first kappa shape index (κ1) is 39.6. The molecule has 2 heterocycles. The number of aromatic nitrogens is 3. The molecule has 1 saturated heterocycles. The van der Waals surface area contributed by atoms with E-state index in [4.69, 9.17) is 19.5 Å². The number of esters is 1. The van der Waals surface area contributed by atoms with Crippen LogP contribution in [0.25, 0.3) is 6.08 Å². The van der Waals surface area contributed by atoms with Gasteiger partial charge in [-0.25, -0.2) is 32.2 Å². The van der Waals surface area contributed by atoms with E-state index in [0.717, 1.165) is 12.1 Å². The molecular weight excluding hydrogens is 736 g/mol. The van der Waals surface area contributed by atoms with Gasteiger partial charge in [0.15, 0.2) is 11.9 Å². The summed E-state index contributed by atoms with van der Waals surface area (Å²) in [5, 5.41) is 11.9. The van der Waals surface area contributed by atoms with E-state index in [0.29, 0.717) is 17.2 Å². The highest BCUT2D eigenvalue weighted by molar-refractivity contribution is 8.00. The zero-order valence-electron chi connectivity index (χ0n) is 28.3. The van der Waals surface area contributed by atoms with E-state index < -0.39 is 55.0 Å². The predicted molar refractivity (Wildman–Crippen MR) is 187 cm³/mol. The van der Waals surface area contributed by atoms with Gasteiger partial charge in [0.2, 0.25) is 0 Å². The molecule has 17 heteroatoms. The van der Waals surface area contributed by atoms with Crippen molar-refractivity contribution in [3.63, 3.8) is 0 Å². The highest BCUT2D eigenvalue weighted by atomic mass is 32.2. The summed E-state index contributed by atoms with van der Waals surface area (Å²) in [6, 6.07) is 13.5. The average molecular weight is 771 g/mol. The minimum Gasteiger partial charge on any atom is -0.447 e. The molecule has 2 atom stereocenters. The Morgan fingerprint density at radius 2 is 1.91 bits per heavy atom. The molecule has 0 saturated carbocycles. The van der Waals surface area contributed by atoms with Crippen molar-refractivity contribution >= 4 is 31.6 Å². The molecule has 278 valence electrons. The monoisotopic (exact) mass is 770 g/mol. The lowest BCUT2D eigenvalue weighted by atomic mass is 9.89. The maximum absolute atomic E-state index is 15.8. The molecule has 1 aliphatic rings. The first-order chi connectivity index (χ1) is 25.3. The number of benzene rings is 3. The summed E-state index contributed by atoms with van der Waals surface area (Å²) in [4.78, 5) is 36.7. The molecule has 0 aliphatic carbocycles. The largest absolute Gasteiger partial charge is 0.469 e. The minimum absolute atomic E-state index is 0.0870. The summed E-state index contributed by atoms with van der Waals surface area (Å²) in [6.45, 7) is 2.83. The van der Waals surface area contributed by atoms with Crippen LogP contribution in [0.2, 0.25) is 0 Å². The second-order valence-corrected chi connectivity index (χ2v) is 14.8. The van der Waals surface area contributed by atoms with Gasteiger partial charge in [0.05, 0.1) is 48.8 Å². The quantitative estimate of drug-likeness (QED) is 0.0828. The molecular formula is C36H34F3N4O8PS. The number of hydrogen-bond acceptors (Lipinski definition) is 10. The predicted octanol–water partition coefficient (Wildman–Crippen LogP) is 6.37. The van der Waals surface area contributed by atoms with Gasteiger partial charge in [-0.2, -0.15) is 10.4 Å². The van der Waals surface area contributed by atoms with Crippen LogP contribution in [0.4, 0.5) is 13.2 Å². The van der Waals surface area contributed by atoms with E-state index in [1.54, 1.807) is 38.1 Å². The number of nitrogens with zero attached hydrogens (tertiary/aromatic N) is 4. The Labute approximate surface area is 307 Å². The van der Waals surface area contributed by atoms with Crippen LogP contribution in [-0.4, -0.2) is 60.5 Å². The lowest BCUT2D eigenvalue weighted by Crippen LogP contribution is -2.47. The van der Waals surface area contributed by atoms with Gasteiger partial charge in [-0.1, -0.05) is 42.0 Å². The number of allylic oxidation sites excluding steroid dienone is 2. The zero-order chi connectivity index (χ0) is 38.2. The molecule has 0 unspecified atom stereocenters. The van der Waals surface area contributed by atoms with Crippen LogP contribution in [0.15, 0.2) is 85.5 Å². The molecule has 3 aromatic carbocycles. The van der Waals surface area contributed by atoms with Gasteiger partial charge in [-0.05, 0) is 55.8 Å². The van der Waals surface area contributed by atoms with E-state index in [2.05, 4.69) is 14.6 Å². The first-order valence-electron chi connectivity index (χ1n) is 16.0. The van der Waals surface area contributed by atoms with Crippen molar-refractivity contribution in [1.82, 2.24) is 14.8 Å². The molecule has 4 aromatic rings. The average Bonchev–Trinajstić information content (AvgIpc) is 3.63. The minimum atomic E-state index is -4.91. The Balaban J connectivity index is 1.39. The Kier molecular flexibility index (Phi) is 13.1. The fourth-order valence-corrected chi connectivity index (χ4v) is 7.17. The summed E-state index contributed by atoms with van der Waals surface area (Å²) in [7, 11) is -4.91. The van der Waals surface area contributed by atoms with Gasteiger partial charge in [0, 0.05) is 22.4 Å². The number of phosphoric acid groups is 1. The van der Waals surface area contributed by atoms with Crippen molar-refractivity contribution in [2.45, 2.75) is 49.4 Å². The normalized spacial score (nSPS) is 18.2. The fourth-order valence-electron chi connectivity index (χ4n) is 5.51. The van der Waals surface area contributed by atoms with Crippen molar-refractivity contribution in [2.24, 2.45) is 0 Å². The van der Waals surface area contributed by atoms with E-state index in [-0.39, 0.29) is 47.3 Å². The third kappa shape index (κ3) is 10.5. The third-order valence-electron chi connectivity index (χ3n) is 8.13. The van der Waals surface area contributed by atoms with E-state index in [9.17, 15) is 27.9 Å². The highest BCUT2D eigenvalue weighted by Crippen LogP contribution is 2.43. The topological polar surface area (TPSA) is 166 Å². The van der Waals surface area contributed by atoms with Gasteiger partial charge in [0.1, 0.15) is 30.1 Å². The summed E-state index contributed by atoms with van der Waals surface area (Å²) < 4.78 is 79.8. The van der Waals surface area contributed by atoms with Crippen molar-refractivity contribution in [3.8, 4) is 6.07 Å². The molecule has 53 heavy (non-hydrogen) atoms. The van der Waals surface area contributed by atoms with Crippen molar-refractivity contribution in [1.29, 1.82) is 5.26 Å². The fraction of sp³-hybridized carbons (Fsp3) is 0.278. The van der Waals surface area contributed by atoms with Crippen molar-refractivity contribution < 1.29 is 51.1 Å². The molecule has 0 spiro atoms. The number of hydrogen-bond donors (Lipinski definition) is 2. The number of halogens is 3. The van der Waals surface area contributed by atoms with Gasteiger partial charge >= 0.3 is 13.8 Å². The number of carbonyl (C=O) groups is 1. The smallest absolute Gasteiger partial charge is 0.447 e. The number of ether oxygens (including phenoxy) is 3. The van der Waals surface area contributed by atoms with Gasteiger partial charge in [-0.3, -0.25) is 4.52 Å². The Hall–Kier alpha value is -4.59. The van der Waals surface area contributed by atoms with Crippen LogP contribution in [-0.2, 0) is 42.1 Å². The summed E-state index contributed by atoms with van der Waals surface area (Å²) in [5.41, 5.74) is -0.895. The maximum atomic E-state index is 15.8. The van der Waals surface area contributed by atoms with Crippen LogP contribution in [0, 0.1) is 35.7 Å². The van der Waals surface area contributed by atoms with Gasteiger partial charge < -0.3 is 24.0 Å². The van der Waals surface area contributed by atoms with Crippen LogP contribution >= 0.6 is 19.6 Å². The second kappa shape index (κ2) is 17.5. The molecule has 1 aromatic heterocycles. The molecule has 0 bridgehead atoms. The van der Waals surface area contributed by atoms with Crippen LogP contribution < -0.4 is 0 Å². The Morgan fingerprint density at radius 1 is 1.13 bits per heavy atom. The lowest BCUT2D eigenvalue weighted by Gasteiger charge is -2.40.